The molecule has 0 aromatic heterocycles. The highest BCUT2D eigenvalue weighted by molar-refractivity contribution is 5.62. The van der Waals surface area contributed by atoms with Gasteiger partial charge >= 0.3 is 0 Å². The van der Waals surface area contributed by atoms with Crippen LogP contribution in [0.15, 0.2) is 46.8 Å². The van der Waals surface area contributed by atoms with Gasteiger partial charge in [0.05, 0.1) is 0 Å². The Kier molecular flexibility index (Phi) is 0.823. The first kappa shape index (κ1) is 5.42. The molecule has 0 atom stereocenters. The SMILES string of the molecule is C1=CC2=C3C=CC(=C2OC1)C3. The van der Waals surface area contributed by atoms with E-state index in [9.17, 15) is 0 Å². The molecular formula is C10H8O. The number of hydrogen-bond acceptors (Lipinski definition) is 1. The lowest BCUT2D eigenvalue weighted by Crippen LogP contribution is -2.01. The fraction of sp³-hybridized carbons (Fsp3) is 0.200. The Morgan fingerprint density at radius 3 is 2.91 bits per heavy atom. The molecule has 0 N–H and O–H groups in total. The summed E-state index contributed by atoms with van der Waals surface area (Å²) < 4.78 is 5.52. The van der Waals surface area contributed by atoms with Gasteiger partial charge in [-0.15, -0.1) is 0 Å². The van der Waals surface area contributed by atoms with Crippen LogP contribution in [-0.2, 0) is 4.74 Å². The molecule has 0 aromatic rings. The van der Waals surface area contributed by atoms with Crippen molar-refractivity contribution in [3.8, 4) is 0 Å². The third-order valence-electron chi connectivity index (χ3n) is 2.36. The maximum absolute atomic E-state index is 5.52. The van der Waals surface area contributed by atoms with Gasteiger partial charge in [0, 0.05) is 12.0 Å². The molecule has 0 amide bonds. The summed E-state index contributed by atoms with van der Waals surface area (Å²) in [6.45, 7) is 0.740. The van der Waals surface area contributed by atoms with Gasteiger partial charge in [-0.25, -0.2) is 0 Å². The average molecular weight is 144 g/mol. The number of allylic oxidation sites excluding steroid dienone is 5. The second kappa shape index (κ2) is 1.67. The predicted octanol–water partition coefficient (Wildman–Crippen LogP) is 2.10. The van der Waals surface area contributed by atoms with Crippen molar-refractivity contribution < 1.29 is 4.74 Å². The van der Waals surface area contributed by atoms with Gasteiger partial charge in [-0.1, -0.05) is 18.2 Å². The zero-order valence-electron chi connectivity index (χ0n) is 6.13. The van der Waals surface area contributed by atoms with E-state index in [1.165, 1.54) is 16.7 Å². The van der Waals surface area contributed by atoms with E-state index in [0.717, 1.165) is 18.8 Å². The molecule has 0 saturated carbocycles. The second-order valence-electron chi connectivity index (χ2n) is 3.02. The first-order chi connectivity index (χ1) is 5.45. The van der Waals surface area contributed by atoms with Crippen LogP contribution in [0.5, 0.6) is 0 Å². The van der Waals surface area contributed by atoms with Crippen LogP contribution in [0.3, 0.4) is 0 Å². The van der Waals surface area contributed by atoms with Crippen molar-refractivity contribution in [2.45, 2.75) is 6.42 Å². The molecule has 54 valence electrons. The van der Waals surface area contributed by atoms with Crippen molar-refractivity contribution in [3.63, 3.8) is 0 Å². The van der Waals surface area contributed by atoms with Gasteiger partial charge in [0.1, 0.15) is 12.4 Å². The van der Waals surface area contributed by atoms with E-state index in [2.05, 4.69) is 24.3 Å². The summed E-state index contributed by atoms with van der Waals surface area (Å²) in [5.74, 6) is 1.13. The van der Waals surface area contributed by atoms with Gasteiger partial charge in [-0.2, -0.15) is 0 Å². The van der Waals surface area contributed by atoms with Crippen LogP contribution in [0, 0.1) is 0 Å². The van der Waals surface area contributed by atoms with Crippen molar-refractivity contribution in [1.82, 2.24) is 0 Å². The van der Waals surface area contributed by atoms with Gasteiger partial charge < -0.3 is 4.74 Å². The summed E-state index contributed by atoms with van der Waals surface area (Å²) >= 11 is 0. The van der Waals surface area contributed by atoms with E-state index in [1.54, 1.807) is 0 Å². The van der Waals surface area contributed by atoms with Crippen LogP contribution < -0.4 is 0 Å². The molecule has 3 aliphatic rings. The largest absolute Gasteiger partial charge is 0.489 e. The average Bonchev–Trinajstić information content (AvgIpc) is 2.64. The molecule has 2 bridgehead atoms. The third-order valence-corrected chi connectivity index (χ3v) is 2.36. The molecule has 0 spiro atoms. The highest BCUT2D eigenvalue weighted by atomic mass is 16.5. The Balaban J connectivity index is 2.29. The maximum atomic E-state index is 5.52. The number of rotatable bonds is 0. The van der Waals surface area contributed by atoms with E-state index in [1.807, 2.05) is 0 Å². The maximum Gasteiger partial charge on any atom is 0.130 e. The molecule has 1 heterocycles. The number of fused-ring (bicyclic) bond motifs is 3. The normalized spacial score (nSPS) is 24.7. The Morgan fingerprint density at radius 1 is 1.09 bits per heavy atom. The van der Waals surface area contributed by atoms with Crippen LogP contribution in [0.4, 0.5) is 0 Å². The quantitative estimate of drug-likeness (QED) is 0.506. The van der Waals surface area contributed by atoms with Crippen LogP contribution in [0.2, 0.25) is 0 Å². The lowest BCUT2D eigenvalue weighted by molar-refractivity contribution is 0.250. The zero-order valence-corrected chi connectivity index (χ0v) is 6.13. The standard InChI is InChI=1S/C10H8O/c1-2-9-7-3-4-8(6-7)10(9)11-5-1/h1-4H,5-6H2. The van der Waals surface area contributed by atoms with E-state index >= 15 is 0 Å². The van der Waals surface area contributed by atoms with Gasteiger partial charge in [-0.3, -0.25) is 0 Å². The molecule has 0 aromatic carbocycles. The Bertz CT molecular complexity index is 340. The van der Waals surface area contributed by atoms with Crippen molar-refractivity contribution in [1.29, 1.82) is 0 Å². The summed E-state index contributed by atoms with van der Waals surface area (Å²) in [4.78, 5) is 0. The van der Waals surface area contributed by atoms with E-state index in [0.29, 0.717) is 0 Å². The van der Waals surface area contributed by atoms with E-state index in [4.69, 9.17) is 4.74 Å². The Labute approximate surface area is 65.4 Å². The molecule has 0 radical (unpaired) electrons. The molecule has 1 nitrogen and oxygen atoms in total. The summed E-state index contributed by atoms with van der Waals surface area (Å²) in [6.07, 6.45) is 9.68. The fourth-order valence-electron chi connectivity index (χ4n) is 1.83. The first-order valence-corrected chi connectivity index (χ1v) is 3.89. The Hall–Kier alpha value is -1.24. The molecule has 1 aliphatic heterocycles. The minimum absolute atomic E-state index is 0.740. The van der Waals surface area contributed by atoms with Crippen molar-refractivity contribution in [2.24, 2.45) is 0 Å². The molecule has 11 heavy (non-hydrogen) atoms. The van der Waals surface area contributed by atoms with E-state index < -0.39 is 0 Å². The summed E-state index contributed by atoms with van der Waals surface area (Å²) in [5.41, 5.74) is 4.10. The zero-order chi connectivity index (χ0) is 7.26. The molecule has 0 unspecified atom stereocenters. The molecule has 0 fully saturated rings. The Morgan fingerprint density at radius 2 is 2.00 bits per heavy atom. The van der Waals surface area contributed by atoms with Gasteiger partial charge in [0.2, 0.25) is 0 Å². The number of hydrogen-bond donors (Lipinski definition) is 0. The lowest BCUT2D eigenvalue weighted by atomic mass is 10.1. The van der Waals surface area contributed by atoms with E-state index in [-0.39, 0.29) is 0 Å². The second-order valence-corrected chi connectivity index (χ2v) is 3.02. The van der Waals surface area contributed by atoms with Gasteiger partial charge in [0.25, 0.3) is 0 Å². The molecule has 3 rings (SSSR count). The molecule has 2 aliphatic carbocycles. The topological polar surface area (TPSA) is 9.23 Å². The van der Waals surface area contributed by atoms with Crippen molar-refractivity contribution in [2.75, 3.05) is 6.61 Å². The first-order valence-electron chi connectivity index (χ1n) is 3.89. The highest BCUT2D eigenvalue weighted by Crippen LogP contribution is 2.41. The highest BCUT2D eigenvalue weighted by Gasteiger charge is 2.26. The van der Waals surface area contributed by atoms with Crippen LogP contribution in [0.25, 0.3) is 0 Å². The summed E-state index contributed by atoms with van der Waals surface area (Å²) in [5, 5.41) is 0. The van der Waals surface area contributed by atoms with Crippen LogP contribution >= 0.6 is 0 Å². The van der Waals surface area contributed by atoms with Gasteiger partial charge in [-0.05, 0) is 17.2 Å². The minimum Gasteiger partial charge on any atom is -0.489 e. The van der Waals surface area contributed by atoms with Crippen LogP contribution in [0.1, 0.15) is 6.42 Å². The number of ether oxygens (including phenoxy) is 1. The van der Waals surface area contributed by atoms with Crippen molar-refractivity contribution >= 4 is 0 Å². The monoisotopic (exact) mass is 144 g/mol. The third kappa shape index (κ3) is 0.559. The molecular weight excluding hydrogens is 136 g/mol. The molecule has 0 saturated heterocycles. The lowest BCUT2D eigenvalue weighted by Gasteiger charge is -2.14. The van der Waals surface area contributed by atoms with Crippen LogP contribution in [-0.4, -0.2) is 6.61 Å². The summed E-state index contributed by atoms with van der Waals surface area (Å²) in [6, 6.07) is 0. The fourth-order valence-corrected chi connectivity index (χ4v) is 1.83. The minimum atomic E-state index is 0.740. The molecule has 1 heteroatoms. The van der Waals surface area contributed by atoms with Gasteiger partial charge in [0.15, 0.2) is 0 Å². The smallest absolute Gasteiger partial charge is 0.130 e. The van der Waals surface area contributed by atoms with Crippen molar-refractivity contribution in [3.05, 3.63) is 46.8 Å². The summed E-state index contributed by atoms with van der Waals surface area (Å²) in [7, 11) is 0. The predicted molar refractivity (Wildman–Crippen MR) is 42.9 cm³/mol.